The molecule has 56 heavy (non-hydrogen) atoms. The van der Waals surface area contributed by atoms with Crippen LogP contribution in [0.5, 0.6) is 5.75 Å². The van der Waals surface area contributed by atoms with Crippen molar-refractivity contribution in [1.82, 2.24) is 31.7 Å². The highest BCUT2D eigenvalue weighted by molar-refractivity contribution is 7.94. The minimum atomic E-state index is -1.06. The predicted molar refractivity (Wildman–Crippen MR) is 205 cm³/mol. The lowest BCUT2D eigenvalue weighted by Gasteiger charge is -2.28. The number of fused-ring (bicyclic) bond motifs is 11. The van der Waals surface area contributed by atoms with E-state index in [0.29, 0.717) is 47.9 Å². The van der Waals surface area contributed by atoms with Gasteiger partial charge in [-0.1, -0.05) is 44.2 Å². The van der Waals surface area contributed by atoms with Gasteiger partial charge < -0.3 is 26.0 Å². The Morgan fingerprint density at radius 3 is 2.50 bits per heavy atom. The molecule has 0 aliphatic carbocycles. The van der Waals surface area contributed by atoms with Crippen LogP contribution in [0.25, 0.3) is 0 Å². The van der Waals surface area contributed by atoms with Gasteiger partial charge in [-0.3, -0.25) is 29.2 Å². The molecule has 2 aliphatic heterocycles. The first-order valence-corrected chi connectivity index (χ1v) is 19.0. The van der Waals surface area contributed by atoms with Gasteiger partial charge in [-0.15, -0.1) is 5.11 Å². The van der Waals surface area contributed by atoms with Crippen molar-refractivity contribution in [3.8, 4) is 5.75 Å². The Morgan fingerprint density at radius 2 is 1.79 bits per heavy atom. The van der Waals surface area contributed by atoms with Crippen molar-refractivity contribution in [2.45, 2.75) is 63.4 Å². The molecular formula is C38H48N8O9S. The summed E-state index contributed by atoms with van der Waals surface area (Å²) < 4.78 is 9.95. The van der Waals surface area contributed by atoms with Crippen molar-refractivity contribution in [3.63, 3.8) is 0 Å². The molecule has 0 fully saturated rings. The third-order valence-corrected chi connectivity index (χ3v) is 9.48. The summed E-state index contributed by atoms with van der Waals surface area (Å²) in [7, 11) is 0. The molecule has 0 saturated heterocycles. The van der Waals surface area contributed by atoms with E-state index in [1.54, 1.807) is 54.0 Å². The maximum atomic E-state index is 13.7. The largest absolute Gasteiger partial charge is 0.494 e. The Morgan fingerprint density at radius 1 is 1.02 bits per heavy atom. The van der Waals surface area contributed by atoms with Crippen LogP contribution in [-0.4, -0.2) is 77.3 Å². The van der Waals surface area contributed by atoms with Crippen LogP contribution >= 0.6 is 12.0 Å². The van der Waals surface area contributed by atoms with E-state index in [1.807, 2.05) is 26.0 Å². The summed E-state index contributed by atoms with van der Waals surface area (Å²) in [5.41, 5.74) is 3.54. The van der Waals surface area contributed by atoms with Gasteiger partial charge in [0.25, 0.3) is 5.91 Å². The van der Waals surface area contributed by atoms with E-state index in [9.17, 15) is 29.2 Å². The molecule has 3 aromatic rings. The highest BCUT2D eigenvalue weighted by Gasteiger charge is 2.36. The van der Waals surface area contributed by atoms with Crippen molar-refractivity contribution in [3.05, 3.63) is 83.6 Å². The molecule has 300 valence electrons. The average molecular weight is 793 g/mol. The second-order valence-corrected chi connectivity index (χ2v) is 14.2. The number of ether oxygens (including phenoxy) is 1. The topological polar surface area (TPSA) is 242 Å². The van der Waals surface area contributed by atoms with Crippen molar-refractivity contribution in [1.29, 1.82) is 0 Å². The zero-order valence-corrected chi connectivity index (χ0v) is 32.0. The Kier molecular flexibility index (Phi) is 17.7. The first kappa shape index (κ1) is 43.3. The van der Waals surface area contributed by atoms with Crippen LogP contribution < -0.4 is 31.5 Å². The smallest absolute Gasteiger partial charge is 0.252 e. The van der Waals surface area contributed by atoms with E-state index in [-0.39, 0.29) is 50.8 Å². The van der Waals surface area contributed by atoms with Gasteiger partial charge in [-0.2, -0.15) is 9.45 Å². The number of amides is 5. The molecule has 2 aliphatic rings. The lowest BCUT2D eigenvalue weighted by molar-refractivity contribution is -0.142. The maximum Gasteiger partial charge on any atom is 0.252 e. The zero-order valence-electron chi connectivity index (χ0n) is 31.2. The standard InChI is InChI=1S/C38H48N8O9S/c1-24(2)19-30-29(37(50)46-52)8-5-18-54-28-13-10-25(11-14-28)20-31(44-36(30)49)38(51)42-23-34(47)39-16-6-17-40-35(48)27-12-15-33(41-21-27)45-43-22-26-7-3-4-9-32(26)56-55-53/h3-4,7,9-15,21,24,29-31,52-53H,5-6,8,16-20,22-23H2,1-2H3,(H,39,47)(H,40,48)(H,42,51)(H,44,49)(H,46,50)/t29-,30+,31-/m0/s1. The summed E-state index contributed by atoms with van der Waals surface area (Å²) in [6.07, 6.45) is 2.97. The molecule has 0 radical (unpaired) electrons. The molecule has 3 atom stereocenters. The van der Waals surface area contributed by atoms with Gasteiger partial charge in [0, 0.05) is 36.5 Å². The van der Waals surface area contributed by atoms with Crippen molar-refractivity contribution < 1.29 is 43.5 Å². The minimum Gasteiger partial charge on any atom is -0.494 e. The summed E-state index contributed by atoms with van der Waals surface area (Å²) in [5, 5.41) is 37.2. The lowest BCUT2D eigenvalue weighted by Crippen LogP contribution is -2.53. The second-order valence-electron chi connectivity index (χ2n) is 13.5. The van der Waals surface area contributed by atoms with Gasteiger partial charge in [0.1, 0.15) is 11.8 Å². The quantitative estimate of drug-likeness (QED) is 0.0274. The number of hydroxylamine groups is 1. The zero-order chi connectivity index (χ0) is 40.3. The summed E-state index contributed by atoms with van der Waals surface area (Å²) >= 11 is 0.805. The van der Waals surface area contributed by atoms with Crippen LogP contribution in [-0.2, 0) is 36.5 Å². The van der Waals surface area contributed by atoms with Gasteiger partial charge in [-0.25, -0.2) is 15.7 Å². The number of nitrogens with one attached hydrogen (secondary N) is 5. The summed E-state index contributed by atoms with van der Waals surface area (Å²) in [4.78, 5) is 69.9. The van der Waals surface area contributed by atoms with Gasteiger partial charge in [0.2, 0.25) is 23.6 Å². The molecule has 17 nitrogen and oxygen atoms in total. The van der Waals surface area contributed by atoms with Crippen LogP contribution in [0.4, 0.5) is 5.82 Å². The highest BCUT2D eigenvalue weighted by Crippen LogP contribution is 2.27. The summed E-state index contributed by atoms with van der Waals surface area (Å²) in [5.74, 6) is -3.33. The number of carbonyl (C=O) groups is 5. The number of aromatic nitrogens is 1. The highest BCUT2D eigenvalue weighted by atomic mass is 32.2. The first-order valence-electron chi connectivity index (χ1n) is 18.3. The van der Waals surface area contributed by atoms with Crippen molar-refractivity contribution in [2.75, 3.05) is 26.2 Å². The number of rotatable bonds is 16. The molecule has 3 heterocycles. The van der Waals surface area contributed by atoms with E-state index in [4.69, 9.17) is 9.99 Å². The fourth-order valence-electron chi connectivity index (χ4n) is 5.99. The Hall–Kier alpha value is -5.43. The number of hydrogen-bond acceptors (Lipinski definition) is 13. The van der Waals surface area contributed by atoms with Crippen LogP contribution in [0.3, 0.4) is 0 Å². The average Bonchev–Trinajstić information content (AvgIpc) is 3.19. The van der Waals surface area contributed by atoms with E-state index in [0.717, 1.165) is 23.2 Å². The fourth-order valence-corrected chi connectivity index (χ4v) is 6.45. The molecule has 2 aromatic carbocycles. The van der Waals surface area contributed by atoms with E-state index in [2.05, 4.69) is 40.8 Å². The van der Waals surface area contributed by atoms with Gasteiger partial charge in [0.05, 0.1) is 43.2 Å². The molecule has 7 N–H and O–H groups in total. The van der Waals surface area contributed by atoms with Crippen LogP contribution in [0.15, 0.2) is 82.0 Å². The minimum absolute atomic E-state index is 0.0353. The summed E-state index contributed by atoms with van der Waals surface area (Å²) in [6.45, 7) is 4.51. The molecule has 2 bridgehead atoms. The van der Waals surface area contributed by atoms with E-state index in [1.165, 1.54) is 6.20 Å². The van der Waals surface area contributed by atoms with Crippen molar-refractivity contribution >= 4 is 47.4 Å². The predicted octanol–water partition coefficient (Wildman–Crippen LogP) is 3.90. The number of azo groups is 1. The number of carbonyl (C=O) groups excluding carboxylic acids is 5. The second kappa shape index (κ2) is 22.8. The number of nitrogens with zero attached hydrogens (tertiary/aromatic N) is 3. The molecule has 0 saturated carbocycles. The monoisotopic (exact) mass is 792 g/mol. The van der Waals surface area contributed by atoms with E-state index < -0.39 is 41.5 Å². The first-order chi connectivity index (χ1) is 27.1. The molecule has 0 unspecified atom stereocenters. The Labute approximate surface area is 328 Å². The third kappa shape index (κ3) is 14.0. The SMILES string of the molecule is CC(C)C[C@H]1C(=O)N[C@H](C(=O)NCC(=O)NCCCNC(=O)c2ccc(N=NCc3ccccc3SOO)nc2)Cc2ccc(cc2)OCCC[C@@H]1C(=O)NO. The van der Waals surface area contributed by atoms with Crippen LogP contribution in [0.1, 0.15) is 61.0 Å². The van der Waals surface area contributed by atoms with Crippen LogP contribution in [0.2, 0.25) is 0 Å². The molecule has 0 spiro atoms. The van der Waals surface area contributed by atoms with Gasteiger partial charge in [-0.05, 0) is 73.1 Å². The summed E-state index contributed by atoms with van der Waals surface area (Å²) in [6, 6.07) is 16.4. The molecule has 18 heteroatoms. The van der Waals surface area contributed by atoms with E-state index >= 15 is 0 Å². The van der Waals surface area contributed by atoms with Gasteiger partial charge >= 0.3 is 0 Å². The molecule has 1 aromatic heterocycles. The number of hydrogen-bond donors (Lipinski definition) is 7. The number of pyridine rings is 1. The molecule has 5 amide bonds. The number of benzene rings is 2. The van der Waals surface area contributed by atoms with Gasteiger partial charge in [0.15, 0.2) is 5.82 Å². The Bertz CT molecular complexity index is 1790. The normalized spacial score (nSPS) is 17.4. The molecule has 5 rings (SSSR count). The van der Waals surface area contributed by atoms with Crippen LogP contribution in [0, 0.1) is 17.8 Å². The fraction of sp³-hybridized carbons (Fsp3) is 0.421. The Balaban J connectivity index is 1.24. The molecular weight excluding hydrogens is 745 g/mol. The lowest BCUT2D eigenvalue weighted by atomic mass is 9.81. The third-order valence-electron chi connectivity index (χ3n) is 8.83. The maximum absolute atomic E-state index is 13.7. The van der Waals surface area contributed by atoms with Crippen molar-refractivity contribution in [2.24, 2.45) is 28.0 Å².